The number of hydrogen-bond acceptors (Lipinski definition) is 1. The highest BCUT2D eigenvalue weighted by Gasteiger charge is 2.15. The molecule has 0 bridgehead atoms. The van der Waals surface area contributed by atoms with Crippen molar-refractivity contribution in [3.63, 3.8) is 0 Å². The number of rotatable bonds is 4. The Morgan fingerprint density at radius 2 is 1.50 bits per heavy atom. The predicted molar refractivity (Wildman–Crippen MR) is 130 cm³/mol. The van der Waals surface area contributed by atoms with Gasteiger partial charge in [-0.3, -0.25) is 0 Å². The molecule has 0 aliphatic carbocycles. The first-order valence-electron chi connectivity index (χ1n) is 10.8. The Kier molecular flexibility index (Phi) is 6.81. The highest BCUT2D eigenvalue weighted by molar-refractivity contribution is 5.89. The van der Waals surface area contributed by atoms with Crippen molar-refractivity contribution in [2.75, 3.05) is 0 Å². The zero-order valence-electron chi connectivity index (χ0n) is 18.5. The van der Waals surface area contributed by atoms with Gasteiger partial charge in [-0.25, -0.2) is 13.2 Å². The maximum absolute atomic E-state index is 15.2. The lowest BCUT2D eigenvalue weighted by molar-refractivity contribution is 0.577. The molecule has 4 rings (SSSR count). The summed E-state index contributed by atoms with van der Waals surface area (Å²) in [6.45, 7) is 2.01. The number of nitriles is 1. The smallest absolute Gasteiger partial charge is 0.144 e. The SMILES string of the molecule is C/C=C/CCc1ccc(C#Cc2ccc3c(F)c(-c4cc(F)c(C#N)c(F)c4)ccc3c2)cc1. The molecule has 0 radical (unpaired) electrons. The summed E-state index contributed by atoms with van der Waals surface area (Å²) < 4.78 is 43.2. The summed E-state index contributed by atoms with van der Waals surface area (Å²) >= 11 is 0. The fraction of sp³-hybridized carbons (Fsp3) is 0.100. The number of nitrogens with zero attached hydrogens (tertiary/aromatic N) is 1. The van der Waals surface area contributed by atoms with Crippen LogP contribution in [0.15, 0.2) is 78.9 Å². The van der Waals surface area contributed by atoms with Crippen LogP contribution < -0.4 is 0 Å². The first-order valence-corrected chi connectivity index (χ1v) is 10.8. The van der Waals surface area contributed by atoms with Crippen LogP contribution in [-0.4, -0.2) is 0 Å². The van der Waals surface area contributed by atoms with Crippen LogP contribution in [0.5, 0.6) is 0 Å². The van der Waals surface area contributed by atoms with Crippen molar-refractivity contribution >= 4 is 10.8 Å². The monoisotopic (exact) mass is 451 g/mol. The zero-order valence-corrected chi connectivity index (χ0v) is 18.5. The van der Waals surface area contributed by atoms with Crippen molar-refractivity contribution in [2.45, 2.75) is 19.8 Å². The second-order valence-corrected chi connectivity index (χ2v) is 7.84. The fourth-order valence-corrected chi connectivity index (χ4v) is 3.74. The van der Waals surface area contributed by atoms with E-state index in [0.717, 1.165) is 36.1 Å². The number of allylic oxidation sites excluding steroid dienone is 2. The van der Waals surface area contributed by atoms with E-state index in [4.69, 9.17) is 5.26 Å². The van der Waals surface area contributed by atoms with E-state index < -0.39 is 23.0 Å². The Hall–Kier alpha value is -4.28. The van der Waals surface area contributed by atoms with Crippen molar-refractivity contribution < 1.29 is 13.2 Å². The first-order chi connectivity index (χ1) is 16.5. The van der Waals surface area contributed by atoms with Crippen LogP contribution in [0.3, 0.4) is 0 Å². The molecule has 0 saturated carbocycles. The van der Waals surface area contributed by atoms with E-state index in [1.165, 1.54) is 17.7 Å². The van der Waals surface area contributed by atoms with Crippen LogP contribution in [0, 0.1) is 40.6 Å². The van der Waals surface area contributed by atoms with Gasteiger partial charge < -0.3 is 0 Å². The maximum atomic E-state index is 15.2. The Balaban J connectivity index is 1.60. The summed E-state index contributed by atoms with van der Waals surface area (Å²) in [7, 11) is 0. The number of aryl methyl sites for hydroxylation is 1. The summed E-state index contributed by atoms with van der Waals surface area (Å²) in [5.74, 6) is 3.60. The van der Waals surface area contributed by atoms with Crippen molar-refractivity contribution in [1.82, 2.24) is 0 Å². The van der Waals surface area contributed by atoms with Gasteiger partial charge in [-0.05, 0) is 72.7 Å². The Labute approximate surface area is 196 Å². The molecule has 0 heterocycles. The van der Waals surface area contributed by atoms with Crippen LogP contribution in [0.1, 0.15) is 35.6 Å². The minimum Gasteiger partial charge on any atom is -0.206 e. The van der Waals surface area contributed by atoms with E-state index in [1.54, 1.807) is 24.3 Å². The molecule has 0 unspecified atom stereocenters. The van der Waals surface area contributed by atoms with Crippen LogP contribution in [0.4, 0.5) is 13.2 Å². The van der Waals surface area contributed by atoms with Gasteiger partial charge in [-0.1, -0.05) is 54.3 Å². The molecule has 0 spiro atoms. The van der Waals surface area contributed by atoms with Gasteiger partial charge in [0.2, 0.25) is 0 Å². The van der Waals surface area contributed by atoms with Crippen molar-refractivity contribution in [3.8, 4) is 29.0 Å². The van der Waals surface area contributed by atoms with E-state index >= 15 is 4.39 Å². The van der Waals surface area contributed by atoms with E-state index in [2.05, 4.69) is 30.0 Å². The number of benzene rings is 4. The fourth-order valence-electron chi connectivity index (χ4n) is 3.74. The standard InChI is InChI=1S/C30H20F3N/c1-2-3-4-5-20-6-8-21(9-7-20)10-11-22-12-14-25-23(16-22)13-15-26(30(25)33)24-17-28(31)27(19-34)29(32)18-24/h2-3,6-9,12-18H,4-5H2,1H3/b3-2+. The van der Waals surface area contributed by atoms with Crippen molar-refractivity contribution in [3.05, 3.63) is 119 Å². The second-order valence-electron chi connectivity index (χ2n) is 7.84. The molecule has 34 heavy (non-hydrogen) atoms. The first kappa shape index (κ1) is 22.9. The third-order valence-corrected chi connectivity index (χ3v) is 5.56. The molecule has 1 nitrogen and oxygen atoms in total. The number of halogens is 3. The highest BCUT2D eigenvalue weighted by atomic mass is 19.1. The van der Waals surface area contributed by atoms with Gasteiger partial charge in [-0.2, -0.15) is 5.26 Å². The van der Waals surface area contributed by atoms with Gasteiger partial charge >= 0.3 is 0 Å². The number of hydrogen-bond donors (Lipinski definition) is 0. The lowest BCUT2D eigenvalue weighted by Crippen LogP contribution is -1.94. The molecule has 0 fully saturated rings. The lowest BCUT2D eigenvalue weighted by Gasteiger charge is -2.09. The van der Waals surface area contributed by atoms with Crippen LogP contribution in [0.2, 0.25) is 0 Å². The van der Waals surface area contributed by atoms with E-state index in [0.29, 0.717) is 10.8 Å². The summed E-state index contributed by atoms with van der Waals surface area (Å²) in [5, 5.41) is 9.78. The Bertz CT molecular complexity index is 1470. The van der Waals surface area contributed by atoms with E-state index in [9.17, 15) is 8.78 Å². The predicted octanol–water partition coefficient (Wildman–Crippen LogP) is 7.70. The maximum Gasteiger partial charge on any atom is 0.144 e. The summed E-state index contributed by atoms with van der Waals surface area (Å²) in [6.07, 6.45) is 6.17. The van der Waals surface area contributed by atoms with Gasteiger partial charge in [0.1, 0.15) is 29.1 Å². The number of fused-ring (bicyclic) bond motifs is 1. The molecule has 4 heteroatoms. The summed E-state index contributed by atoms with van der Waals surface area (Å²) in [4.78, 5) is 0. The summed E-state index contributed by atoms with van der Waals surface area (Å²) in [6, 6.07) is 19.8. The largest absolute Gasteiger partial charge is 0.206 e. The zero-order chi connectivity index (χ0) is 24.1. The quantitative estimate of drug-likeness (QED) is 0.230. The topological polar surface area (TPSA) is 23.8 Å². The molecule has 0 aliphatic rings. The normalized spacial score (nSPS) is 10.8. The Morgan fingerprint density at radius 1 is 0.824 bits per heavy atom. The third-order valence-electron chi connectivity index (χ3n) is 5.56. The van der Waals surface area contributed by atoms with Gasteiger partial charge in [0.05, 0.1) is 0 Å². The van der Waals surface area contributed by atoms with Crippen LogP contribution >= 0.6 is 0 Å². The lowest BCUT2D eigenvalue weighted by atomic mass is 9.98. The molecule has 0 amide bonds. The highest BCUT2D eigenvalue weighted by Crippen LogP contribution is 2.31. The van der Waals surface area contributed by atoms with Gasteiger partial charge in [-0.15, -0.1) is 0 Å². The Morgan fingerprint density at radius 3 is 2.18 bits per heavy atom. The molecule has 0 aromatic heterocycles. The molecule has 0 saturated heterocycles. The van der Waals surface area contributed by atoms with E-state index in [1.807, 2.05) is 25.1 Å². The molecule has 0 atom stereocenters. The van der Waals surface area contributed by atoms with Gasteiger partial charge in [0, 0.05) is 22.1 Å². The minimum absolute atomic E-state index is 0.0337. The molecule has 166 valence electrons. The summed E-state index contributed by atoms with van der Waals surface area (Å²) in [5.41, 5.74) is 2.28. The van der Waals surface area contributed by atoms with Crippen molar-refractivity contribution in [2.24, 2.45) is 0 Å². The second kappa shape index (κ2) is 10.1. The molecular weight excluding hydrogens is 431 g/mol. The van der Waals surface area contributed by atoms with E-state index in [-0.39, 0.29) is 11.1 Å². The average molecular weight is 451 g/mol. The van der Waals surface area contributed by atoms with Gasteiger partial charge in [0.25, 0.3) is 0 Å². The van der Waals surface area contributed by atoms with Crippen LogP contribution in [-0.2, 0) is 6.42 Å². The average Bonchev–Trinajstić information content (AvgIpc) is 2.83. The molecule has 4 aromatic carbocycles. The molecule has 0 aliphatic heterocycles. The molecular formula is C30H20F3N. The minimum atomic E-state index is -1.02. The molecule has 4 aromatic rings. The van der Waals surface area contributed by atoms with Crippen molar-refractivity contribution in [1.29, 1.82) is 5.26 Å². The third kappa shape index (κ3) is 4.87. The van der Waals surface area contributed by atoms with Crippen LogP contribution in [0.25, 0.3) is 21.9 Å². The molecule has 0 N–H and O–H groups in total. The van der Waals surface area contributed by atoms with Gasteiger partial charge in [0.15, 0.2) is 0 Å².